The zero-order chi connectivity index (χ0) is 21.8. The zero-order valence-electron chi connectivity index (χ0n) is 18.0. The highest BCUT2D eigenvalue weighted by Crippen LogP contribution is 2.33. The van der Waals surface area contributed by atoms with Crippen molar-refractivity contribution in [1.29, 1.82) is 0 Å². The van der Waals surface area contributed by atoms with Crippen molar-refractivity contribution in [2.45, 2.75) is 38.6 Å². The molecule has 0 bridgehead atoms. The molecule has 0 N–H and O–H groups in total. The number of hydrogen-bond acceptors (Lipinski definition) is 5. The molecular formula is C24H26N4OS2. The third-order valence-electron chi connectivity index (χ3n) is 5.32. The number of rotatable bonds is 8. The highest BCUT2D eigenvalue weighted by atomic mass is 32.2. The average molecular weight is 451 g/mol. The lowest BCUT2D eigenvalue weighted by molar-refractivity contribution is 0.0986. The lowest BCUT2D eigenvalue weighted by Gasteiger charge is -2.20. The molecule has 0 aliphatic carbocycles. The molecule has 0 saturated carbocycles. The Morgan fingerprint density at radius 2 is 1.97 bits per heavy atom. The number of carbonyl (C=O) groups excluding carboxylic acids is 1. The van der Waals surface area contributed by atoms with Crippen LogP contribution in [0.15, 0.2) is 60.0 Å². The normalized spacial score (nSPS) is 11.2. The zero-order valence-corrected chi connectivity index (χ0v) is 19.7. The second kappa shape index (κ2) is 9.66. The van der Waals surface area contributed by atoms with Gasteiger partial charge in [0.15, 0.2) is 5.13 Å². The van der Waals surface area contributed by atoms with Crippen LogP contribution in [0.1, 0.15) is 34.8 Å². The van der Waals surface area contributed by atoms with Crippen molar-refractivity contribution in [3.8, 4) is 0 Å². The van der Waals surface area contributed by atoms with Gasteiger partial charge >= 0.3 is 0 Å². The molecule has 4 rings (SSSR count). The van der Waals surface area contributed by atoms with Crippen LogP contribution in [0.2, 0.25) is 0 Å². The van der Waals surface area contributed by atoms with E-state index in [1.54, 1.807) is 35.6 Å². The molecule has 0 spiro atoms. The average Bonchev–Trinajstić information content (AvgIpc) is 3.44. The van der Waals surface area contributed by atoms with Gasteiger partial charge in [-0.25, -0.2) is 9.97 Å². The Bertz CT molecular complexity index is 1170. The summed E-state index contributed by atoms with van der Waals surface area (Å²) in [4.78, 5) is 25.5. The van der Waals surface area contributed by atoms with E-state index in [1.165, 1.54) is 16.0 Å². The summed E-state index contributed by atoms with van der Waals surface area (Å²) in [5, 5.41) is 0.756. The van der Waals surface area contributed by atoms with Gasteiger partial charge in [-0.15, -0.1) is 11.8 Å². The molecule has 0 aliphatic rings. The first kappa shape index (κ1) is 21.6. The maximum atomic E-state index is 13.5. The van der Waals surface area contributed by atoms with Crippen LogP contribution in [0.5, 0.6) is 0 Å². The van der Waals surface area contributed by atoms with E-state index in [4.69, 9.17) is 4.98 Å². The van der Waals surface area contributed by atoms with Crippen LogP contribution in [-0.2, 0) is 6.54 Å². The first-order valence-electron chi connectivity index (χ1n) is 10.4. The van der Waals surface area contributed by atoms with Crippen LogP contribution in [0.25, 0.3) is 10.2 Å². The minimum Gasteiger partial charge on any atom is -0.337 e. The second-order valence-corrected chi connectivity index (χ2v) is 9.77. The Labute approximate surface area is 191 Å². The number of benzene rings is 2. The van der Waals surface area contributed by atoms with Crippen molar-refractivity contribution in [3.05, 3.63) is 71.8 Å². The van der Waals surface area contributed by atoms with Crippen molar-refractivity contribution >= 4 is 44.4 Å². The minimum atomic E-state index is -0.00730. The molecule has 1 amide bonds. The Balaban J connectivity index is 1.63. The predicted octanol–water partition coefficient (Wildman–Crippen LogP) is 5.96. The number of nitrogens with zero attached hydrogens (tertiary/aromatic N) is 4. The molecule has 4 aromatic rings. The number of aryl methyl sites for hydroxylation is 3. The standard InChI is InChI=1S/C24H26N4OS2/c1-4-30-20-9-7-19(8-10-20)23(29)28(14-5-13-27-15-12-25-16-27)24-26-22-18(3)17(2)6-11-21(22)31-24/h6-12,15-16H,4-5,13-14H2,1-3H3. The van der Waals surface area contributed by atoms with Crippen molar-refractivity contribution < 1.29 is 4.79 Å². The van der Waals surface area contributed by atoms with Gasteiger partial charge in [0.2, 0.25) is 0 Å². The van der Waals surface area contributed by atoms with Gasteiger partial charge in [-0.05, 0) is 67.5 Å². The van der Waals surface area contributed by atoms with Crippen LogP contribution in [0.4, 0.5) is 5.13 Å². The summed E-state index contributed by atoms with van der Waals surface area (Å²) in [6, 6.07) is 12.1. The van der Waals surface area contributed by atoms with Gasteiger partial charge in [-0.2, -0.15) is 0 Å². The van der Waals surface area contributed by atoms with Gasteiger partial charge in [0.1, 0.15) is 0 Å². The monoisotopic (exact) mass is 450 g/mol. The fraction of sp³-hybridized carbons (Fsp3) is 0.292. The van der Waals surface area contributed by atoms with E-state index in [2.05, 4.69) is 37.9 Å². The summed E-state index contributed by atoms with van der Waals surface area (Å²) < 4.78 is 3.14. The van der Waals surface area contributed by atoms with Crippen molar-refractivity contribution in [2.24, 2.45) is 0 Å². The molecule has 0 unspecified atom stereocenters. The maximum Gasteiger partial charge on any atom is 0.260 e. The molecule has 0 radical (unpaired) electrons. The van der Waals surface area contributed by atoms with Crippen LogP contribution in [0, 0.1) is 13.8 Å². The largest absolute Gasteiger partial charge is 0.337 e. The smallest absolute Gasteiger partial charge is 0.260 e. The number of imidazole rings is 1. The Morgan fingerprint density at radius 3 is 2.68 bits per heavy atom. The lowest BCUT2D eigenvalue weighted by atomic mass is 10.1. The summed E-state index contributed by atoms with van der Waals surface area (Å²) in [5.74, 6) is 1.00. The predicted molar refractivity (Wildman–Crippen MR) is 130 cm³/mol. The Hall–Kier alpha value is -2.64. The minimum absolute atomic E-state index is 0.00730. The molecule has 5 nitrogen and oxygen atoms in total. The van der Waals surface area contributed by atoms with Gasteiger partial charge in [0.25, 0.3) is 5.91 Å². The number of amides is 1. The first-order chi connectivity index (χ1) is 15.1. The molecule has 0 aliphatic heterocycles. The summed E-state index contributed by atoms with van der Waals surface area (Å²) in [6.07, 6.45) is 6.34. The Morgan fingerprint density at radius 1 is 1.16 bits per heavy atom. The number of thioether (sulfide) groups is 1. The molecule has 0 saturated heterocycles. The number of hydrogen-bond donors (Lipinski definition) is 0. The van der Waals surface area contributed by atoms with Crippen LogP contribution in [0.3, 0.4) is 0 Å². The fourth-order valence-electron chi connectivity index (χ4n) is 3.46. The molecule has 2 aromatic heterocycles. The number of thiazole rings is 1. The molecule has 31 heavy (non-hydrogen) atoms. The van der Waals surface area contributed by atoms with E-state index in [1.807, 2.05) is 39.9 Å². The van der Waals surface area contributed by atoms with Crippen LogP contribution < -0.4 is 4.90 Å². The van der Waals surface area contributed by atoms with Crippen molar-refractivity contribution in [2.75, 3.05) is 17.2 Å². The maximum absolute atomic E-state index is 13.5. The van der Waals surface area contributed by atoms with E-state index in [0.29, 0.717) is 12.1 Å². The second-order valence-electron chi connectivity index (χ2n) is 7.42. The highest BCUT2D eigenvalue weighted by molar-refractivity contribution is 7.99. The molecule has 160 valence electrons. The van der Waals surface area contributed by atoms with Gasteiger partial charge in [0.05, 0.1) is 16.5 Å². The quantitative estimate of drug-likeness (QED) is 0.311. The molecule has 0 atom stereocenters. The van der Waals surface area contributed by atoms with E-state index >= 15 is 0 Å². The van der Waals surface area contributed by atoms with E-state index in [-0.39, 0.29) is 5.91 Å². The van der Waals surface area contributed by atoms with Gasteiger partial charge in [-0.3, -0.25) is 9.69 Å². The van der Waals surface area contributed by atoms with E-state index < -0.39 is 0 Å². The number of carbonyl (C=O) groups is 1. The van der Waals surface area contributed by atoms with Gasteiger partial charge in [0, 0.05) is 35.9 Å². The van der Waals surface area contributed by atoms with E-state index in [0.717, 1.165) is 34.1 Å². The number of anilines is 1. The summed E-state index contributed by atoms with van der Waals surface area (Å²) in [5.41, 5.74) is 4.07. The van der Waals surface area contributed by atoms with Gasteiger partial charge in [-0.1, -0.05) is 24.3 Å². The molecule has 0 fully saturated rings. The fourth-order valence-corrected chi connectivity index (χ4v) is 5.17. The number of fused-ring (bicyclic) bond motifs is 1. The van der Waals surface area contributed by atoms with E-state index in [9.17, 15) is 4.79 Å². The summed E-state index contributed by atoms with van der Waals surface area (Å²) >= 11 is 3.36. The highest BCUT2D eigenvalue weighted by Gasteiger charge is 2.22. The summed E-state index contributed by atoms with van der Waals surface area (Å²) in [6.45, 7) is 7.72. The summed E-state index contributed by atoms with van der Waals surface area (Å²) in [7, 11) is 0. The topological polar surface area (TPSA) is 51.0 Å². The molecular weight excluding hydrogens is 424 g/mol. The first-order valence-corrected chi connectivity index (χ1v) is 12.2. The van der Waals surface area contributed by atoms with Crippen molar-refractivity contribution in [1.82, 2.24) is 14.5 Å². The van der Waals surface area contributed by atoms with Crippen molar-refractivity contribution in [3.63, 3.8) is 0 Å². The van der Waals surface area contributed by atoms with Crippen LogP contribution in [-0.4, -0.2) is 32.7 Å². The molecule has 7 heteroatoms. The molecule has 2 heterocycles. The molecule has 2 aromatic carbocycles. The number of aromatic nitrogens is 3. The third kappa shape index (κ3) is 4.83. The van der Waals surface area contributed by atoms with Gasteiger partial charge < -0.3 is 4.57 Å². The SMILES string of the molecule is CCSc1ccc(C(=O)N(CCCn2ccnc2)c2nc3c(C)c(C)ccc3s2)cc1. The third-order valence-corrected chi connectivity index (χ3v) is 7.26. The van der Waals surface area contributed by atoms with Crippen LogP contribution >= 0.6 is 23.1 Å². The Kier molecular flexibility index (Phi) is 6.73. The lowest BCUT2D eigenvalue weighted by Crippen LogP contribution is -2.32.